The Hall–Kier alpha value is -1.93. The minimum Gasteiger partial charge on any atom is -0.497 e. The standard InChI is InChI=1S/C23H35N3O4S/c1-16(2)14-21(27)25-11-8-24(9-12-25)10-13-26-22(28)17(3)31-23(26)19-15-18(29-4)6-7-20(19)30-5/h6-7,15-17,23H,8-14H2,1-5H3. The van der Waals surface area contributed by atoms with E-state index in [2.05, 4.69) is 18.7 Å². The highest BCUT2D eigenvalue weighted by molar-refractivity contribution is 8.01. The molecule has 0 saturated carbocycles. The van der Waals surface area contributed by atoms with Gasteiger partial charge in [0.15, 0.2) is 0 Å². The molecule has 2 fully saturated rings. The van der Waals surface area contributed by atoms with E-state index in [0.717, 1.165) is 49.8 Å². The van der Waals surface area contributed by atoms with E-state index in [1.807, 2.05) is 34.9 Å². The monoisotopic (exact) mass is 449 g/mol. The topological polar surface area (TPSA) is 62.3 Å². The summed E-state index contributed by atoms with van der Waals surface area (Å²) >= 11 is 1.65. The lowest BCUT2D eigenvalue weighted by Crippen LogP contribution is -2.50. The van der Waals surface area contributed by atoms with Crippen LogP contribution in [0.2, 0.25) is 0 Å². The highest BCUT2D eigenvalue weighted by Crippen LogP contribution is 2.46. The molecule has 0 aliphatic carbocycles. The molecule has 0 radical (unpaired) electrons. The summed E-state index contributed by atoms with van der Waals surface area (Å²) in [5.74, 6) is 2.31. The first kappa shape index (κ1) is 23.7. The van der Waals surface area contributed by atoms with Gasteiger partial charge in [-0.15, -0.1) is 11.8 Å². The molecule has 172 valence electrons. The molecule has 2 atom stereocenters. The van der Waals surface area contributed by atoms with Gasteiger partial charge in [0.2, 0.25) is 11.8 Å². The molecule has 2 saturated heterocycles. The Morgan fingerprint density at radius 2 is 1.84 bits per heavy atom. The number of piperazine rings is 1. The molecule has 0 spiro atoms. The first-order valence-corrected chi connectivity index (χ1v) is 12.0. The zero-order valence-corrected chi connectivity index (χ0v) is 20.1. The van der Waals surface area contributed by atoms with Crippen LogP contribution < -0.4 is 9.47 Å². The first-order chi connectivity index (χ1) is 14.8. The van der Waals surface area contributed by atoms with Gasteiger partial charge < -0.3 is 19.3 Å². The van der Waals surface area contributed by atoms with Crippen molar-refractivity contribution >= 4 is 23.6 Å². The molecular weight excluding hydrogens is 414 g/mol. The van der Waals surface area contributed by atoms with Gasteiger partial charge in [-0.25, -0.2) is 0 Å². The van der Waals surface area contributed by atoms with Crippen LogP contribution in [0.1, 0.15) is 38.1 Å². The van der Waals surface area contributed by atoms with Crippen LogP contribution in [0.5, 0.6) is 11.5 Å². The highest BCUT2D eigenvalue weighted by atomic mass is 32.2. The molecule has 2 amide bonds. The van der Waals surface area contributed by atoms with Crippen LogP contribution in [-0.4, -0.2) is 85.3 Å². The van der Waals surface area contributed by atoms with Crippen molar-refractivity contribution in [2.24, 2.45) is 5.92 Å². The van der Waals surface area contributed by atoms with Crippen molar-refractivity contribution in [3.8, 4) is 11.5 Å². The number of methoxy groups -OCH3 is 2. The van der Waals surface area contributed by atoms with Crippen molar-refractivity contribution in [2.45, 2.75) is 37.8 Å². The van der Waals surface area contributed by atoms with Crippen molar-refractivity contribution < 1.29 is 19.1 Å². The summed E-state index contributed by atoms with van der Waals surface area (Å²) in [4.78, 5) is 31.5. The van der Waals surface area contributed by atoms with Crippen LogP contribution in [0.3, 0.4) is 0 Å². The largest absolute Gasteiger partial charge is 0.497 e. The average Bonchev–Trinajstić information content (AvgIpc) is 3.05. The first-order valence-electron chi connectivity index (χ1n) is 11.0. The lowest BCUT2D eigenvalue weighted by atomic mass is 10.1. The molecule has 7 nitrogen and oxygen atoms in total. The highest BCUT2D eigenvalue weighted by Gasteiger charge is 2.40. The lowest BCUT2D eigenvalue weighted by molar-refractivity contribution is -0.133. The van der Waals surface area contributed by atoms with Gasteiger partial charge in [0.05, 0.1) is 19.5 Å². The average molecular weight is 450 g/mol. The minimum atomic E-state index is -0.0959. The van der Waals surface area contributed by atoms with E-state index >= 15 is 0 Å². The summed E-state index contributed by atoms with van der Waals surface area (Å²) in [6.45, 7) is 10.8. The predicted octanol–water partition coefficient (Wildman–Crippen LogP) is 2.86. The van der Waals surface area contributed by atoms with Crippen LogP contribution >= 0.6 is 11.8 Å². The normalized spacial score (nSPS) is 22.3. The van der Waals surface area contributed by atoms with Crippen LogP contribution in [-0.2, 0) is 9.59 Å². The Bertz CT molecular complexity index is 780. The third-order valence-corrected chi connectivity index (χ3v) is 7.29. The Balaban J connectivity index is 1.63. The fourth-order valence-corrected chi connectivity index (χ4v) is 5.45. The Morgan fingerprint density at radius 1 is 1.13 bits per heavy atom. The van der Waals surface area contributed by atoms with Crippen molar-refractivity contribution in [3.63, 3.8) is 0 Å². The smallest absolute Gasteiger partial charge is 0.236 e. The van der Waals surface area contributed by atoms with Crippen molar-refractivity contribution in [3.05, 3.63) is 23.8 Å². The van der Waals surface area contributed by atoms with Gasteiger partial charge in [-0.3, -0.25) is 14.5 Å². The molecule has 8 heteroatoms. The van der Waals surface area contributed by atoms with Gasteiger partial charge in [0.25, 0.3) is 0 Å². The maximum absolute atomic E-state index is 12.9. The number of thioether (sulfide) groups is 1. The number of carbonyl (C=O) groups is 2. The molecule has 2 heterocycles. The summed E-state index contributed by atoms with van der Waals surface area (Å²) in [6, 6.07) is 5.74. The maximum atomic E-state index is 12.9. The van der Waals surface area contributed by atoms with Gasteiger partial charge in [-0.1, -0.05) is 13.8 Å². The number of ether oxygens (including phenoxy) is 2. The molecule has 0 aromatic heterocycles. The fraction of sp³-hybridized carbons (Fsp3) is 0.652. The number of benzene rings is 1. The number of hydrogen-bond donors (Lipinski definition) is 0. The van der Waals surface area contributed by atoms with Crippen LogP contribution in [0.4, 0.5) is 0 Å². The van der Waals surface area contributed by atoms with Gasteiger partial charge in [0, 0.05) is 51.3 Å². The minimum absolute atomic E-state index is 0.0913. The van der Waals surface area contributed by atoms with E-state index in [-0.39, 0.29) is 22.4 Å². The second-order valence-electron chi connectivity index (χ2n) is 8.59. The van der Waals surface area contributed by atoms with Gasteiger partial charge in [-0.05, 0) is 31.0 Å². The molecule has 3 rings (SSSR count). The van der Waals surface area contributed by atoms with Gasteiger partial charge in [0.1, 0.15) is 16.9 Å². The van der Waals surface area contributed by atoms with E-state index in [4.69, 9.17) is 9.47 Å². The molecular formula is C23H35N3O4S. The molecule has 0 N–H and O–H groups in total. The van der Waals surface area contributed by atoms with E-state index in [1.54, 1.807) is 26.0 Å². The quantitative estimate of drug-likeness (QED) is 0.608. The van der Waals surface area contributed by atoms with Crippen LogP contribution in [0, 0.1) is 5.92 Å². The van der Waals surface area contributed by atoms with Crippen molar-refractivity contribution in [2.75, 3.05) is 53.5 Å². The molecule has 31 heavy (non-hydrogen) atoms. The Kier molecular flexibility index (Phi) is 8.11. The number of amides is 2. The van der Waals surface area contributed by atoms with Gasteiger partial charge >= 0.3 is 0 Å². The van der Waals surface area contributed by atoms with Crippen molar-refractivity contribution in [1.82, 2.24) is 14.7 Å². The SMILES string of the molecule is COc1ccc(OC)c(C2SC(C)C(=O)N2CCN2CCN(C(=O)CC(C)C)CC2)c1. The lowest BCUT2D eigenvalue weighted by Gasteiger charge is -2.36. The summed E-state index contributed by atoms with van der Waals surface area (Å²) < 4.78 is 11.0. The number of hydrogen-bond acceptors (Lipinski definition) is 6. The molecule has 1 aromatic carbocycles. The fourth-order valence-electron chi connectivity index (χ4n) is 4.12. The molecule has 0 bridgehead atoms. The van der Waals surface area contributed by atoms with Crippen LogP contribution in [0.25, 0.3) is 0 Å². The van der Waals surface area contributed by atoms with E-state index < -0.39 is 0 Å². The zero-order valence-electron chi connectivity index (χ0n) is 19.3. The predicted molar refractivity (Wildman–Crippen MR) is 124 cm³/mol. The molecule has 2 aliphatic heterocycles. The summed E-state index contributed by atoms with van der Waals surface area (Å²) in [6.07, 6.45) is 0.613. The molecule has 2 unspecified atom stereocenters. The summed E-state index contributed by atoms with van der Waals surface area (Å²) in [7, 11) is 3.30. The second-order valence-corrected chi connectivity index (χ2v) is 10.0. The summed E-state index contributed by atoms with van der Waals surface area (Å²) in [5.41, 5.74) is 0.966. The van der Waals surface area contributed by atoms with Crippen LogP contribution in [0.15, 0.2) is 18.2 Å². The maximum Gasteiger partial charge on any atom is 0.236 e. The third-order valence-electron chi connectivity index (χ3n) is 5.91. The second kappa shape index (κ2) is 10.6. The number of rotatable bonds is 8. The van der Waals surface area contributed by atoms with E-state index in [9.17, 15) is 9.59 Å². The van der Waals surface area contributed by atoms with E-state index in [1.165, 1.54) is 0 Å². The molecule has 1 aromatic rings. The summed E-state index contributed by atoms with van der Waals surface area (Å²) in [5, 5.41) is -0.187. The Morgan fingerprint density at radius 3 is 2.45 bits per heavy atom. The third kappa shape index (κ3) is 5.66. The van der Waals surface area contributed by atoms with Crippen molar-refractivity contribution in [1.29, 1.82) is 0 Å². The Labute approximate surface area is 190 Å². The molecule has 2 aliphatic rings. The van der Waals surface area contributed by atoms with Gasteiger partial charge in [-0.2, -0.15) is 0 Å². The van der Waals surface area contributed by atoms with E-state index in [0.29, 0.717) is 18.9 Å². The zero-order chi connectivity index (χ0) is 22.5. The number of carbonyl (C=O) groups excluding carboxylic acids is 2. The number of nitrogens with zero attached hydrogens (tertiary/aromatic N) is 3.